The molecule has 2 aliphatic heterocycles. The van der Waals surface area contributed by atoms with E-state index in [1.54, 1.807) is 32.7 Å². The second-order valence-electron chi connectivity index (χ2n) is 9.69. The second kappa shape index (κ2) is 10.3. The number of carbonyl (C=O) groups is 2. The summed E-state index contributed by atoms with van der Waals surface area (Å²) in [5, 5.41) is 2.87. The number of halogens is 2. The predicted octanol–water partition coefficient (Wildman–Crippen LogP) is 3.14. The summed E-state index contributed by atoms with van der Waals surface area (Å²) in [6.07, 6.45) is 3.58. The number of nitrogens with zero attached hydrogens (tertiary/aromatic N) is 4. The first-order valence-corrected chi connectivity index (χ1v) is 12.7. The van der Waals surface area contributed by atoms with E-state index in [0.717, 1.165) is 11.6 Å². The molecule has 5 rings (SSSR count). The lowest BCUT2D eigenvalue weighted by Crippen LogP contribution is -2.53. The maximum absolute atomic E-state index is 14.5. The quantitative estimate of drug-likeness (QED) is 0.561. The summed E-state index contributed by atoms with van der Waals surface area (Å²) in [6.45, 7) is 3.37. The van der Waals surface area contributed by atoms with Gasteiger partial charge < -0.3 is 15.1 Å². The van der Waals surface area contributed by atoms with E-state index < -0.39 is 17.7 Å². The number of piperidine rings is 1. The van der Waals surface area contributed by atoms with Gasteiger partial charge in [-0.25, -0.2) is 23.4 Å². The third-order valence-corrected chi connectivity index (χ3v) is 7.56. The summed E-state index contributed by atoms with van der Waals surface area (Å²) in [5.41, 5.74) is 1.31. The monoisotopic (exact) mass is 512 g/mol. The van der Waals surface area contributed by atoms with Gasteiger partial charge in [-0.15, -0.1) is 0 Å². The molecule has 2 atom stereocenters. The molecule has 2 N–H and O–H groups in total. The molecule has 2 saturated heterocycles. The van der Waals surface area contributed by atoms with Crippen LogP contribution in [0, 0.1) is 11.6 Å². The Labute approximate surface area is 212 Å². The Bertz CT molecular complexity index is 1360. The molecule has 1 aromatic carbocycles. The second-order valence-corrected chi connectivity index (χ2v) is 9.69. The Morgan fingerprint density at radius 1 is 1.11 bits per heavy atom. The Morgan fingerprint density at radius 3 is 2.65 bits per heavy atom. The van der Waals surface area contributed by atoms with Crippen LogP contribution in [0.15, 0.2) is 41.3 Å². The molecule has 11 heteroatoms. The van der Waals surface area contributed by atoms with Gasteiger partial charge >= 0.3 is 11.7 Å². The number of carbonyl (C=O) groups excluding carboxylic acids is 2. The van der Waals surface area contributed by atoms with Crippen LogP contribution in [-0.4, -0.2) is 68.5 Å². The van der Waals surface area contributed by atoms with Gasteiger partial charge in [-0.2, -0.15) is 0 Å². The minimum atomic E-state index is -0.907. The van der Waals surface area contributed by atoms with E-state index in [4.69, 9.17) is 0 Å². The van der Waals surface area contributed by atoms with Crippen LogP contribution in [-0.2, 0) is 4.79 Å². The van der Waals surface area contributed by atoms with Crippen molar-refractivity contribution >= 4 is 23.1 Å². The number of pyridine rings is 1. The molecule has 9 nitrogen and oxygen atoms in total. The summed E-state index contributed by atoms with van der Waals surface area (Å²) < 4.78 is 30.0. The van der Waals surface area contributed by atoms with Crippen LogP contribution in [0.3, 0.4) is 0 Å². The van der Waals surface area contributed by atoms with Crippen LogP contribution in [0.2, 0.25) is 0 Å². The fraction of sp³-hybridized carbons (Fsp3) is 0.462. The van der Waals surface area contributed by atoms with Crippen molar-refractivity contribution in [3.8, 4) is 0 Å². The largest absolute Gasteiger partial charge is 0.341 e. The first kappa shape index (κ1) is 24.9. The van der Waals surface area contributed by atoms with Crippen LogP contribution >= 0.6 is 0 Å². The molecular weight excluding hydrogens is 482 g/mol. The van der Waals surface area contributed by atoms with Crippen molar-refractivity contribution in [2.45, 2.75) is 50.6 Å². The lowest BCUT2D eigenvalue weighted by Gasteiger charge is -2.33. The van der Waals surface area contributed by atoms with Crippen LogP contribution < -0.4 is 11.0 Å². The number of benzene rings is 1. The van der Waals surface area contributed by atoms with Crippen LogP contribution in [0.4, 0.5) is 13.6 Å². The van der Waals surface area contributed by atoms with Gasteiger partial charge in [-0.3, -0.25) is 14.3 Å². The van der Waals surface area contributed by atoms with Gasteiger partial charge in [0.25, 0.3) is 0 Å². The number of urea groups is 1. The van der Waals surface area contributed by atoms with Gasteiger partial charge in [0, 0.05) is 44.3 Å². The van der Waals surface area contributed by atoms with E-state index in [1.807, 2.05) is 13.0 Å². The highest BCUT2D eigenvalue weighted by Gasteiger charge is 2.35. The minimum Gasteiger partial charge on any atom is -0.341 e. The van der Waals surface area contributed by atoms with E-state index in [9.17, 15) is 23.2 Å². The molecule has 0 unspecified atom stereocenters. The molecule has 2 aromatic heterocycles. The molecule has 0 aliphatic carbocycles. The molecule has 4 heterocycles. The number of aromatic nitrogens is 3. The van der Waals surface area contributed by atoms with Gasteiger partial charge in [0.15, 0.2) is 17.3 Å². The summed E-state index contributed by atoms with van der Waals surface area (Å²) in [4.78, 5) is 49.0. The Balaban J connectivity index is 1.24. The third kappa shape index (κ3) is 4.82. The lowest BCUT2D eigenvalue weighted by molar-refractivity contribution is -0.132. The smallest absolute Gasteiger partial charge is 0.327 e. The fourth-order valence-corrected chi connectivity index (χ4v) is 5.56. The Hall–Kier alpha value is -3.76. The molecule has 196 valence electrons. The fourth-order valence-electron chi connectivity index (χ4n) is 5.56. The van der Waals surface area contributed by atoms with Gasteiger partial charge in [0.05, 0.1) is 5.52 Å². The molecule has 2 aliphatic rings. The normalized spacial score (nSPS) is 21.3. The highest BCUT2D eigenvalue weighted by Crippen LogP contribution is 2.30. The number of fused-ring (bicyclic) bond motifs is 1. The first-order chi connectivity index (χ1) is 17.9. The topological polar surface area (TPSA) is 103 Å². The molecular formula is C26H30F2N6O3. The summed E-state index contributed by atoms with van der Waals surface area (Å²) in [6, 6.07) is 6.60. The molecule has 2 fully saturated rings. The minimum absolute atomic E-state index is 0.0634. The van der Waals surface area contributed by atoms with E-state index in [1.165, 1.54) is 6.07 Å². The number of imidazole rings is 1. The van der Waals surface area contributed by atoms with Crippen molar-refractivity contribution < 1.29 is 18.4 Å². The molecule has 0 spiro atoms. The Morgan fingerprint density at radius 2 is 1.89 bits per heavy atom. The van der Waals surface area contributed by atoms with Gasteiger partial charge in [-0.05, 0) is 56.4 Å². The maximum atomic E-state index is 14.5. The number of H-pyrrole nitrogens is 1. The van der Waals surface area contributed by atoms with Crippen LogP contribution in [0.1, 0.15) is 50.1 Å². The lowest BCUT2D eigenvalue weighted by atomic mass is 9.93. The average molecular weight is 513 g/mol. The number of aromatic amines is 1. The van der Waals surface area contributed by atoms with E-state index >= 15 is 0 Å². The van der Waals surface area contributed by atoms with Crippen molar-refractivity contribution in [2.75, 3.05) is 26.2 Å². The standard InChI is InChI=1S/C26H30F2N6O3/c1-2-32-15-16(18-5-3-6-19(27)22(18)28)8-9-20(24(32)35)30-25(36)33-13-10-17(11-14-33)34-21-7-4-12-29-23(21)31-26(34)37/h3-7,12,16-17,20H,2,8-11,13-15H2,1H3,(H,30,36)(H,29,31,37)/t16-,20-/m1/s1. The summed E-state index contributed by atoms with van der Waals surface area (Å²) in [5.74, 6) is -2.37. The summed E-state index contributed by atoms with van der Waals surface area (Å²) >= 11 is 0. The van der Waals surface area contributed by atoms with Crippen molar-refractivity contribution in [3.63, 3.8) is 0 Å². The van der Waals surface area contributed by atoms with Crippen molar-refractivity contribution in [1.82, 2.24) is 29.7 Å². The zero-order valence-electron chi connectivity index (χ0n) is 20.6. The van der Waals surface area contributed by atoms with Crippen LogP contribution in [0.5, 0.6) is 0 Å². The zero-order chi connectivity index (χ0) is 26.1. The third-order valence-electron chi connectivity index (χ3n) is 7.56. The zero-order valence-corrected chi connectivity index (χ0v) is 20.6. The van der Waals surface area contributed by atoms with Crippen molar-refractivity contribution in [2.24, 2.45) is 0 Å². The number of hydrogen-bond donors (Lipinski definition) is 2. The molecule has 0 bridgehead atoms. The van der Waals surface area contributed by atoms with E-state index in [-0.39, 0.29) is 41.7 Å². The first-order valence-electron chi connectivity index (χ1n) is 12.7. The van der Waals surface area contributed by atoms with E-state index in [2.05, 4.69) is 15.3 Å². The molecule has 0 radical (unpaired) electrons. The highest BCUT2D eigenvalue weighted by molar-refractivity contribution is 5.87. The number of amides is 3. The van der Waals surface area contributed by atoms with E-state index in [0.29, 0.717) is 51.0 Å². The highest BCUT2D eigenvalue weighted by atomic mass is 19.2. The van der Waals surface area contributed by atoms with Gasteiger partial charge in [-0.1, -0.05) is 12.1 Å². The molecule has 3 amide bonds. The number of likely N-dealkylation sites (N-methyl/N-ethyl adjacent to an activating group) is 1. The number of nitrogens with one attached hydrogen (secondary N) is 2. The van der Waals surface area contributed by atoms with Crippen molar-refractivity contribution in [1.29, 1.82) is 0 Å². The molecule has 3 aromatic rings. The molecule has 0 saturated carbocycles. The predicted molar refractivity (Wildman–Crippen MR) is 133 cm³/mol. The van der Waals surface area contributed by atoms with Crippen LogP contribution in [0.25, 0.3) is 11.2 Å². The maximum Gasteiger partial charge on any atom is 0.327 e. The number of likely N-dealkylation sites (tertiary alicyclic amines) is 2. The summed E-state index contributed by atoms with van der Waals surface area (Å²) in [7, 11) is 0. The number of rotatable bonds is 4. The number of hydrogen-bond acceptors (Lipinski definition) is 4. The average Bonchev–Trinajstić information content (AvgIpc) is 3.16. The SMILES string of the molecule is CCN1C[C@H](c2cccc(F)c2F)CC[C@@H](NC(=O)N2CCC(n3c(=O)[nH]c4ncccc43)CC2)C1=O. The van der Waals surface area contributed by atoms with Gasteiger partial charge in [0.1, 0.15) is 6.04 Å². The molecule has 37 heavy (non-hydrogen) atoms. The Kier molecular flexibility index (Phi) is 6.94. The van der Waals surface area contributed by atoms with Gasteiger partial charge in [0.2, 0.25) is 5.91 Å². The van der Waals surface area contributed by atoms with Crippen molar-refractivity contribution in [3.05, 3.63) is 64.2 Å².